The van der Waals surface area contributed by atoms with Gasteiger partial charge in [-0.15, -0.1) is 5.92 Å². The highest BCUT2D eigenvalue weighted by Crippen LogP contribution is 1.91. The fourth-order valence-corrected chi connectivity index (χ4v) is 0.841. The zero-order chi connectivity index (χ0) is 6.24. The van der Waals surface area contributed by atoms with Crippen molar-refractivity contribution in [3.63, 3.8) is 0 Å². The third kappa shape index (κ3) is 6.77. The van der Waals surface area contributed by atoms with Gasteiger partial charge in [0.25, 0.3) is 0 Å². The van der Waals surface area contributed by atoms with Crippen LogP contribution in [0.4, 0.5) is 0 Å². The van der Waals surface area contributed by atoms with Crippen LogP contribution < -0.4 is 0 Å². The standard InChI is InChI=1S/C6H8BrI/c7-5-3-1-2-4-6-8/h1,3,5-6H2. The lowest BCUT2D eigenvalue weighted by Crippen LogP contribution is -1.70. The molecule has 0 aliphatic heterocycles. The summed E-state index contributed by atoms with van der Waals surface area (Å²) < 4.78 is 0.958. The van der Waals surface area contributed by atoms with Gasteiger partial charge in [0.1, 0.15) is 0 Å². The lowest BCUT2D eigenvalue weighted by Gasteiger charge is -1.80. The van der Waals surface area contributed by atoms with Crippen molar-refractivity contribution >= 4 is 38.5 Å². The Balaban J connectivity index is 2.90. The maximum absolute atomic E-state index is 3.33. The number of hydrogen-bond acceptors (Lipinski definition) is 0. The molecule has 0 aliphatic carbocycles. The summed E-state index contributed by atoms with van der Waals surface area (Å²) in [5.74, 6) is 6.05. The number of unbranched alkanes of at least 4 members (excludes halogenated alkanes) is 1. The van der Waals surface area contributed by atoms with Gasteiger partial charge < -0.3 is 0 Å². The van der Waals surface area contributed by atoms with E-state index in [9.17, 15) is 0 Å². The number of hydrogen-bond donors (Lipinski definition) is 0. The van der Waals surface area contributed by atoms with Crippen molar-refractivity contribution in [3.05, 3.63) is 0 Å². The molecule has 0 spiro atoms. The zero-order valence-corrected chi connectivity index (χ0v) is 8.33. The average Bonchev–Trinajstić information content (AvgIpc) is 1.81. The molecule has 0 rings (SSSR count). The molecule has 0 atom stereocenters. The number of halogens is 2. The number of rotatable bonds is 2. The third-order valence-electron chi connectivity index (χ3n) is 0.627. The van der Waals surface area contributed by atoms with Crippen molar-refractivity contribution < 1.29 is 0 Å². The van der Waals surface area contributed by atoms with Crippen molar-refractivity contribution in [1.29, 1.82) is 0 Å². The molecular formula is C6H8BrI. The Morgan fingerprint density at radius 3 is 2.62 bits per heavy atom. The van der Waals surface area contributed by atoms with E-state index in [2.05, 4.69) is 50.4 Å². The van der Waals surface area contributed by atoms with Gasteiger partial charge in [0.05, 0.1) is 4.43 Å². The molecular weight excluding hydrogens is 279 g/mol. The predicted octanol–water partition coefficient (Wildman–Crippen LogP) is 2.60. The van der Waals surface area contributed by atoms with Gasteiger partial charge in [0.15, 0.2) is 0 Å². The minimum absolute atomic E-state index is 0.958. The van der Waals surface area contributed by atoms with Gasteiger partial charge in [-0.2, -0.15) is 0 Å². The van der Waals surface area contributed by atoms with E-state index in [1.807, 2.05) is 0 Å². The van der Waals surface area contributed by atoms with Gasteiger partial charge in [0, 0.05) is 11.8 Å². The lowest BCUT2D eigenvalue weighted by atomic mass is 10.3. The monoisotopic (exact) mass is 286 g/mol. The molecule has 0 bridgehead atoms. The molecule has 0 aromatic heterocycles. The highest BCUT2D eigenvalue weighted by atomic mass is 127. The van der Waals surface area contributed by atoms with Crippen LogP contribution in [0.25, 0.3) is 0 Å². The molecule has 0 aliphatic rings. The highest BCUT2D eigenvalue weighted by molar-refractivity contribution is 14.1. The quantitative estimate of drug-likeness (QED) is 0.317. The molecule has 0 saturated heterocycles. The van der Waals surface area contributed by atoms with E-state index < -0.39 is 0 Å². The van der Waals surface area contributed by atoms with Crippen molar-refractivity contribution in [2.45, 2.75) is 12.8 Å². The van der Waals surface area contributed by atoms with Crippen LogP contribution >= 0.6 is 38.5 Å². The minimum Gasteiger partial charge on any atom is -0.102 e. The Labute approximate surface area is 72.7 Å². The van der Waals surface area contributed by atoms with E-state index in [4.69, 9.17) is 0 Å². The summed E-state index contributed by atoms with van der Waals surface area (Å²) in [7, 11) is 0. The molecule has 0 aromatic carbocycles. The molecule has 0 radical (unpaired) electrons. The topological polar surface area (TPSA) is 0 Å². The first kappa shape index (κ1) is 8.77. The Bertz CT molecular complexity index is 90.4. The van der Waals surface area contributed by atoms with Crippen molar-refractivity contribution in [2.75, 3.05) is 9.76 Å². The first-order valence-electron chi connectivity index (χ1n) is 2.49. The Kier molecular flexibility index (Phi) is 8.52. The van der Waals surface area contributed by atoms with Gasteiger partial charge in [-0.25, -0.2) is 0 Å². The van der Waals surface area contributed by atoms with Crippen LogP contribution in [-0.4, -0.2) is 9.76 Å². The summed E-state index contributed by atoms with van der Waals surface area (Å²) in [5.41, 5.74) is 0. The predicted molar refractivity (Wildman–Crippen MR) is 49.7 cm³/mol. The van der Waals surface area contributed by atoms with Gasteiger partial charge >= 0.3 is 0 Å². The lowest BCUT2D eigenvalue weighted by molar-refractivity contribution is 1.00. The van der Waals surface area contributed by atoms with Crippen LogP contribution in [0.1, 0.15) is 12.8 Å². The molecule has 46 valence electrons. The molecule has 0 unspecified atom stereocenters. The van der Waals surface area contributed by atoms with E-state index in [-0.39, 0.29) is 0 Å². The summed E-state index contributed by atoms with van der Waals surface area (Å²) in [5, 5.41) is 1.07. The third-order valence-corrected chi connectivity index (χ3v) is 1.57. The first-order valence-corrected chi connectivity index (χ1v) is 5.14. The van der Waals surface area contributed by atoms with Gasteiger partial charge in [-0.1, -0.05) is 44.4 Å². The van der Waals surface area contributed by atoms with E-state index in [0.717, 1.165) is 16.2 Å². The molecule has 0 aromatic rings. The zero-order valence-electron chi connectivity index (χ0n) is 4.58. The molecule has 0 fully saturated rings. The Morgan fingerprint density at radius 2 is 2.12 bits per heavy atom. The van der Waals surface area contributed by atoms with Crippen molar-refractivity contribution in [3.8, 4) is 11.8 Å². The molecule has 0 heterocycles. The van der Waals surface area contributed by atoms with E-state index in [1.165, 1.54) is 6.42 Å². The van der Waals surface area contributed by atoms with Crippen molar-refractivity contribution in [2.24, 2.45) is 0 Å². The van der Waals surface area contributed by atoms with Crippen LogP contribution in [0.5, 0.6) is 0 Å². The smallest absolute Gasteiger partial charge is 0.0609 e. The summed E-state index contributed by atoms with van der Waals surface area (Å²) in [6, 6.07) is 0. The Morgan fingerprint density at radius 1 is 1.38 bits per heavy atom. The fourth-order valence-electron chi connectivity index (χ4n) is 0.291. The molecule has 0 saturated carbocycles. The van der Waals surface area contributed by atoms with Crippen LogP contribution in [0.3, 0.4) is 0 Å². The second-order valence-electron chi connectivity index (χ2n) is 1.28. The van der Waals surface area contributed by atoms with Crippen LogP contribution in [0.2, 0.25) is 0 Å². The van der Waals surface area contributed by atoms with Crippen LogP contribution in [-0.2, 0) is 0 Å². The SMILES string of the molecule is BrCCCC#CCI. The molecule has 2 heteroatoms. The molecule has 0 amide bonds. The van der Waals surface area contributed by atoms with Gasteiger partial charge in [-0.3, -0.25) is 0 Å². The largest absolute Gasteiger partial charge is 0.102 e. The first-order chi connectivity index (χ1) is 3.91. The molecule has 0 N–H and O–H groups in total. The summed E-state index contributed by atoms with van der Waals surface area (Å²) in [6.07, 6.45) is 2.21. The van der Waals surface area contributed by atoms with Crippen LogP contribution in [0, 0.1) is 11.8 Å². The maximum Gasteiger partial charge on any atom is 0.0609 e. The van der Waals surface area contributed by atoms with Gasteiger partial charge in [-0.05, 0) is 6.42 Å². The molecule has 8 heavy (non-hydrogen) atoms. The minimum atomic E-state index is 0.958. The maximum atomic E-state index is 3.33. The van der Waals surface area contributed by atoms with Crippen molar-refractivity contribution in [1.82, 2.24) is 0 Å². The van der Waals surface area contributed by atoms with E-state index in [0.29, 0.717) is 0 Å². The van der Waals surface area contributed by atoms with Gasteiger partial charge in [0.2, 0.25) is 0 Å². The van der Waals surface area contributed by atoms with E-state index >= 15 is 0 Å². The summed E-state index contributed by atoms with van der Waals surface area (Å²) in [4.78, 5) is 0. The van der Waals surface area contributed by atoms with Crippen LogP contribution in [0.15, 0.2) is 0 Å². The normalized spacial score (nSPS) is 7.75. The Hall–Kier alpha value is 0.770. The number of alkyl halides is 2. The fraction of sp³-hybridized carbons (Fsp3) is 0.667. The second-order valence-corrected chi connectivity index (χ2v) is 2.84. The molecule has 0 nitrogen and oxygen atoms in total. The highest BCUT2D eigenvalue weighted by Gasteiger charge is 1.75. The average molecular weight is 287 g/mol. The van der Waals surface area contributed by atoms with E-state index in [1.54, 1.807) is 0 Å². The second kappa shape index (κ2) is 7.77. The summed E-state index contributed by atoms with van der Waals surface area (Å²) in [6.45, 7) is 0. The summed E-state index contributed by atoms with van der Waals surface area (Å²) >= 11 is 5.59.